The summed E-state index contributed by atoms with van der Waals surface area (Å²) in [5.41, 5.74) is 4.42. The van der Waals surface area contributed by atoms with E-state index in [2.05, 4.69) is 48.5 Å². The number of hydrogen-bond acceptors (Lipinski definition) is 3. The van der Waals surface area contributed by atoms with E-state index in [1.165, 1.54) is 28.7 Å². The molecular formula is C26H29NO3. The Kier molecular flexibility index (Phi) is 4.21. The Hall–Kier alpha value is -2.33. The van der Waals surface area contributed by atoms with Gasteiger partial charge in [0.2, 0.25) is 0 Å². The molecule has 2 saturated heterocycles. The highest BCUT2D eigenvalue weighted by Gasteiger charge is 2.53. The summed E-state index contributed by atoms with van der Waals surface area (Å²) in [6.07, 6.45) is 6.74. The number of fused-ring (bicyclic) bond motifs is 5. The predicted octanol–water partition coefficient (Wildman–Crippen LogP) is 5.09. The van der Waals surface area contributed by atoms with Crippen molar-refractivity contribution < 1.29 is 14.6 Å². The number of nitrogens with zero attached hydrogens (tertiary/aromatic N) is 1. The minimum absolute atomic E-state index is 0.0932. The molecule has 2 heterocycles. The number of carbonyl (C=O) groups is 1. The number of benzene rings is 2. The summed E-state index contributed by atoms with van der Waals surface area (Å²) in [6, 6.07) is 17.1. The van der Waals surface area contributed by atoms with Crippen molar-refractivity contribution in [3.63, 3.8) is 0 Å². The Morgan fingerprint density at radius 2 is 1.50 bits per heavy atom. The molecule has 1 N–H and O–H groups in total. The van der Waals surface area contributed by atoms with Crippen LogP contribution in [-0.2, 0) is 4.74 Å². The molecule has 0 spiro atoms. The first-order chi connectivity index (χ1) is 14.6. The van der Waals surface area contributed by atoms with Crippen molar-refractivity contribution in [3.8, 4) is 11.1 Å². The van der Waals surface area contributed by atoms with Crippen LogP contribution in [0.2, 0.25) is 0 Å². The van der Waals surface area contributed by atoms with Gasteiger partial charge in [-0.05, 0) is 66.7 Å². The lowest BCUT2D eigenvalue weighted by Gasteiger charge is -2.49. The highest BCUT2D eigenvalue weighted by atomic mass is 16.6. The Labute approximate surface area is 177 Å². The van der Waals surface area contributed by atoms with Gasteiger partial charge >= 0.3 is 6.09 Å². The van der Waals surface area contributed by atoms with Gasteiger partial charge < -0.3 is 14.7 Å². The lowest BCUT2D eigenvalue weighted by Crippen LogP contribution is -2.57. The summed E-state index contributed by atoms with van der Waals surface area (Å²) >= 11 is 0. The number of hydrogen-bond donors (Lipinski definition) is 1. The van der Waals surface area contributed by atoms with Crippen LogP contribution in [0.15, 0.2) is 48.5 Å². The Morgan fingerprint density at radius 3 is 2.03 bits per heavy atom. The molecule has 2 aromatic carbocycles. The maximum atomic E-state index is 13.1. The smallest absolute Gasteiger partial charge is 0.410 e. The average molecular weight is 404 g/mol. The lowest BCUT2D eigenvalue weighted by atomic mass is 9.67. The summed E-state index contributed by atoms with van der Waals surface area (Å²) in [4.78, 5) is 15.1. The van der Waals surface area contributed by atoms with Gasteiger partial charge in [-0.2, -0.15) is 0 Å². The zero-order valence-corrected chi connectivity index (χ0v) is 17.3. The van der Waals surface area contributed by atoms with Crippen molar-refractivity contribution in [1.29, 1.82) is 0 Å². The molecule has 1 saturated carbocycles. The van der Waals surface area contributed by atoms with Crippen LogP contribution >= 0.6 is 0 Å². The highest BCUT2D eigenvalue weighted by molar-refractivity contribution is 5.79. The van der Waals surface area contributed by atoms with Crippen molar-refractivity contribution in [2.75, 3.05) is 6.61 Å². The Bertz CT molecular complexity index is 922. The van der Waals surface area contributed by atoms with E-state index in [9.17, 15) is 9.90 Å². The first-order valence-corrected chi connectivity index (χ1v) is 11.5. The molecule has 2 aromatic rings. The fourth-order valence-corrected chi connectivity index (χ4v) is 6.51. The van der Waals surface area contributed by atoms with E-state index < -0.39 is 5.60 Å². The van der Waals surface area contributed by atoms with E-state index in [4.69, 9.17) is 4.74 Å². The van der Waals surface area contributed by atoms with E-state index in [-0.39, 0.29) is 24.1 Å². The van der Waals surface area contributed by atoms with Gasteiger partial charge in [-0.1, -0.05) is 55.0 Å². The van der Waals surface area contributed by atoms with Crippen LogP contribution in [-0.4, -0.2) is 40.4 Å². The second-order valence-electron chi connectivity index (χ2n) is 9.74. The molecule has 0 radical (unpaired) electrons. The van der Waals surface area contributed by atoms with E-state index in [1.807, 2.05) is 4.90 Å². The monoisotopic (exact) mass is 403 g/mol. The van der Waals surface area contributed by atoms with Gasteiger partial charge in [-0.15, -0.1) is 0 Å². The van der Waals surface area contributed by atoms with E-state index in [1.54, 1.807) is 0 Å². The largest absolute Gasteiger partial charge is 0.448 e. The molecule has 1 amide bonds. The van der Waals surface area contributed by atoms with Gasteiger partial charge in [-0.25, -0.2) is 4.79 Å². The molecule has 156 valence electrons. The van der Waals surface area contributed by atoms with Crippen LogP contribution in [0.1, 0.15) is 62.0 Å². The van der Waals surface area contributed by atoms with E-state index in [0.717, 1.165) is 38.5 Å². The fraction of sp³-hybridized carbons (Fsp3) is 0.500. The Balaban J connectivity index is 1.18. The zero-order chi connectivity index (χ0) is 20.3. The van der Waals surface area contributed by atoms with Gasteiger partial charge in [-0.3, -0.25) is 0 Å². The summed E-state index contributed by atoms with van der Waals surface area (Å²) in [5, 5.41) is 11.2. The lowest BCUT2D eigenvalue weighted by molar-refractivity contribution is -0.107. The molecule has 6 rings (SSSR count). The third-order valence-electron chi connectivity index (χ3n) is 8.21. The fourth-order valence-electron chi connectivity index (χ4n) is 6.51. The molecule has 4 nitrogen and oxygen atoms in total. The maximum Gasteiger partial charge on any atom is 0.410 e. The number of piperidine rings is 1. The molecule has 2 atom stereocenters. The minimum atomic E-state index is -0.565. The molecule has 3 fully saturated rings. The van der Waals surface area contributed by atoms with Crippen molar-refractivity contribution in [2.24, 2.45) is 5.92 Å². The average Bonchev–Trinajstić information content (AvgIpc) is 3.17. The zero-order valence-electron chi connectivity index (χ0n) is 17.3. The van der Waals surface area contributed by atoms with Crippen LogP contribution in [0.25, 0.3) is 11.1 Å². The molecule has 2 bridgehead atoms. The summed E-state index contributed by atoms with van der Waals surface area (Å²) in [6.45, 7) is 0.371. The number of carbonyl (C=O) groups excluding carboxylic acids is 1. The molecule has 2 aliphatic heterocycles. The van der Waals surface area contributed by atoms with Crippen molar-refractivity contribution in [2.45, 2.75) is 68.5 Å². The summed E-state index contributed by atoms with van der Waals surface area (Å²) in [5.74, 6) is 0.529. The maximum absolute atomic E-state index is 13.1. The van der Waals surface area contributed by atoms with Gasteiger partial charge in [0.25, 0.3) is 0 Å². The third-order valence-corrected chi connectivity index (χ3v) is 8.21. The second kappa shape index (κ2) is 6.84. The third kappa shape index (κ3) is 2.73. The van der Waals surface area contributed by atoms with Crippen LogP contribution < -0.4 is 0 Å². The van der Waals surface area contributed by atoms with Gasteiger partial charge in [0.15, 0.2) is 0 Å². The van der Waals surface area contributed by atoms with E-state index >= 15 is 0 Å². The molecular weight excluding hydrogens is 374 g/mol. The predicted molar refractivity (Wildman–Crippen MR) is 115 cm³/mol. The molecule has 2 aliphatic carbocycles. The van der Waals surface area contributed by atoms with Crippen molar-refractivity contribution in [3.05, 3.63) is 59.7 Å². The molecule has 4 aliphatic rings. The van der Waals surface area contributed by atoms with Crippen LogP contribution in [0.4, 0.5) is 4.79 Å². The standard InChI is InChI=1S/C26H29NO3/c28-25(27-18-12-13-19(27)15-26(29,14-18)17-6-5-7-17)30-16-24-22-10-3-1-8-20(22)21-9-2-4-11-23(21)24/h1-4,8-11,17-19,24,29H,5-7,12-16H2. The number of rotatable bonds is 3. The minimum Gasteiger partial charge on any atom is -0.448 e. The number of aliphatic hydroxyl groups is 1. The van der Waals surface area contributed by atoms with Crippen LogP contribution in [0.3, 0.4) is 0 Å². The quantitative estimate of drug-likeness (QED) is 0.776. The first-order valence-electron chi connectivity index (χ1n) is 11.5. The molecule has 30 heavy (non-hydrogen) atoms. The normalized spacial score (nSPS) is 30.0. The molecule has 2 unspecified atom stereocenters. The SMILES string of the molecule is O=C(OCC1c2ccccc2-c2ccccc21)N1C2CCC1CC(O)(C1CCC1)C2. The van der Waals surface area contributed by atoms with Gasteiger partial charge in [0.1, 0.15) is 6.61 Å². The van der Waals surface area contributed by atoms with Crippen molar-refractivity contribution >= 4 is 6.09 Å². The highest BCUT2D eigenvalue weighted by Crippen LogP contribution is 2.50. The molecule has 4 heteroatoms. The number of amides is 1. The second-order valence-corrected chi connectivity index (χ2v) is 9.74. The number of ether oxygens (including phenoxy) is 1. The summed E-state index contributed by atoms with van der Waals surface area (Å²) in [7, 11) is 0. The van der Waals surface area contributed by atoms with Crippen LogP contribution in [0.5, 0.6) is 0 Å². The van der Waals surface area contributed by atoms with Gasteiger partial charge in [0, 0.05) is 18.0 Å². The van der Waals surface area contributed by atoms with E-state index in [0.29, 0.717) is 12.5 Å². The first kappa shape index (κ1) is 18.4. The topological polar surface area (TPSA) is 49.8 Å². The molecule has 0 aromatic heterocycles. The summed E-state index contributed by atoms with van der Waals surface area (Å²) < 4.78 is 5.93. The van der Waals surface area contributed by atoms with Crippen molar-refractivity contribution in [1.82, 2.24) is 4.90 Å². The van der Waals surface area contributed by atoms with Gasteiger partial charge in [0.05, 0.1) is 5.60 Å². The van der Waals surface area contributed by atoms with Crippen LogP contribution in [0, 0.1) is 5.92 Å². The Morgan fingerprint density at radius 1 is 0.933 bits per heavy atom.